The van der Waals surface area contributed by atoms with Gasteiger partial charge in [-0.05, 0) is 37.1 Å². The number of halogens is 1. The number of ketones is 1. The highest BCUT2D eigenvalue weighted by atomic mass is 19.1. The highest BCUT2D eigenvalue weighted by Crippen LogP contribution is 2.05. The molecule has 0 spiro atoms. The van der Waals surface area contributed by atoms with E-state index in [1.807, 2.05) is 0 Å². The number of hydrogen-bond acceptors (Lipinski definition) is 4. The number of benzene rings is 1. The lowest BCUT2D eigenvalue weighted by Gasteiger charge is -2.05. The van der Waals surface area contributed by atoms with Crippen LogP contribution >= 0.6 is 0 Å². The second-order valence-electron chi connectivity index (χ2n) is 4.69. The van der Waals surface area contributed by atoms with Crippen LogP contribution in [-0.4, -0.2) is 30.9 Å². The molecule has 1 rings (SSSR count). The molecule has 1 aromatic rings. The third-order valence-corrected chi connectivity index (χ3v) is 2.89. The van der Waals surface area contributed by atoms with E-state index in [2.05, 4.69) is 5.32 Å². The summed E-state index contributed by atoms with van der Waals surface area (Å²) in [6, 6.07) is 4.47. The number of urea groups is 1. The zero-order chi connectivity index (χ0) is 16.4. The van der Waals surface area contributed by atoms with Crippen molar-refractivity contribution in [1.82, 2.24) is 5.32 Å². The predicted molar refractivity (Wildman–Crippen MR) is 77.7 cm³/mol. The van der Waals surface area contributed by atoms with Crippen molar-refractivity contribution in [3.05, 3.63) is 35.6 Å². The highest BCUT2D eigenvalue weighted by Gasteiger charge is 2.09. The Morgan fingerprint density at radius 2 is 1.77 bits per heavy atom. The topological polar surface area (TPSA) is 98.5 Å². The molecular weight excluding hydrogens is 291 g/mol. The summed E-state index contributed by atoms with van der Waals surface area (Å²) >= 11 is 0. The predicted octanol–water partition coefficient (Wildman–Crippen LogP) is 1.78. The number of amides is 2. The normalized spacial score (nSPS) is 10.0. The fourth-order valence-electron chi connectivity index (χ4n) is 1.72. The van der Waals surface area contributed by atoms with Crippen LogP contribution in [-0.2, 0) is 9.53 Å². The Morgan fingerprint density at radius 1 is 1.09 bits per heavy atom. The Bertz CT molecular complexity index is 517. The van der Waals surface area contributed by atoms with Crippen LogP contribution in [0.1, 0.15) is 36.0 Å². The first-order valence-electron chi connectivity index (χ1n) is 6.96. The molecule has 0 aromatic heterocycles. The number of ether oxygens (including phenoxy) is 1. The molecule has 0 aliphatic carbocycles. The second kappa shape index (κ2) is 9.49. The first-order valence-corrected chi connectivity index (χ1v) is 6.96. The monoisotopic (exact) mass is 310 g/mol. The third-order valence-electron chi connectivity index (χ3n) is 2.89. The number of primary amides is 1. The standard InChI is InChI=1S/C15H19FN2O4/c16-12-7-5-11(6-8-12)13(19)10-22-14(20)4-2-1-3-9-18-15(17)21/h5-8H,1-4,9-10H2,(H3,17,18,21). The molecule has 7 heteroatoms. The van der Waals surface area contributed by atoms with Crippen molar-refractivity contribution in [2.24, 2.45) is 5.73 Å². The summed E-state index contributed by atoms with van der Waals surface area (Å²) in [6.45, 7) is 0.112. The number of carbonyl (C=O) groups is 3. The zero-order valence-corrected chi connectivity index (χ0v) is 12.1. The average Bonchev–Trinajstić information content (AvgIpc) is 2.48. The number of rotatable bonds is 9. The average molecular weight is 310 g/mol. The minimum absolute atomic E-state index is 0.202. The lowest BCUT2D eigenvalue weighted by Crippen LogP contribution is -2.29. The smallest absolute Gasteiger partial charge is 0.312 e. The second-order valence-corrected chi connectivity index (χ2v) is 4.69. The van der Waals surface area contributed by atoms with Gasteiger partial charge in [0.05, 0.1) is 0 Å². The summed E-state index contributed by atoms with van der Waals surface area (Å²) in [5.41, 5.74) is 5.20. The molecule has 120 valence electrons. The summed E-state index contributed by atoms with van der Waals surface area (Å²) in [7, 11) is 0. The lowest BCUT2D eigenvalue weighted by molar-refractivity contribution is -0.142. The van der Waals surface area contributed by atoms with Gasteiger partial charge in [-0.25, -0.2) is 9.18 Å². The SMILES string of the molecule is NC(=O)NCCCCCC(=O)OCC(=O)c1ccc(F)cc1. The van der Waals surface area contributed by atoms with Gasteiger partial charge in [-0.2, -0.15) is 0 Å². The minimum atomic E-state index is -0.571. The molecule has 0 radical (unpaired) electrons. The van der Waals surface area contributed by atoms with E-state index in [0.29, 0.717) is 24.9 Å². The molecule has 2 amide bonds. The number of carbonyl (C=O) groups excluding carboxylic acids is 3. The number of nitrogens with two attached hydrogens (primary N) is 1. The molecule has 0 bridgehead atoms. The molecule has 0 saturated heterocycles. The van der Waals surface area contributed by atoms with Gasteiger partial charge in [-0.1, -0.05) is 6.42 Å². The fourth-order valence-corrected chi connectivity index (χ4v) is 1.72. The molecule has 0 aliphatic rings. The minimum Gasteiger partial charge on any atom is -0.457 e. The molecule has 6 nitrogen and oxygen atoms in total. The van der Waals surface area contributed by atoms with Gasteiger partial charge in [0.1, 0.15) is 5.82 Å². The molecule has 0 aliphatic heterocycles. The lowest BCUT2D eigenvalue weighted by atomic mass is 10.1. The van der Waals surface area contributed by atoms with Gasteiger partial charge in [0.15, 0.2) is 12.4 Å². The zero-order valence-electron chi connectivity index (χ0n) is 12.1. The third kappa shape index (κ3) is 7.37. The molecule has 0 unspecified atom stereocenters. The molecule has 0 heterocycles. The highest BCUT2D eigenvalue weighted by molar-refractivity contribution is 5.97. The van der Waals surface area contributed by atoms with Crippen molar-refractivity contribution in [3.63, 3.8) is 0 Å². The Labute approximate surface area is 127 Å². The molecule has 1 aromatic carbocycles. The van der Waals surface area contributed by atoms with E-state index < -0.39 is 17.8 Å². The van der Waals surface area contributed by atoms with Crippen LogP contribution in [0, 0.1) is 5.82 Å². The summed E-state index contributed by atoms with van der Waals surface area (Å²) in [5.74, 6) is -1.27. The van der Waals surface area contributed by atoms with Crippen molar-refractivity contribution >= 4 is 17.8 Å². The first kappa shape index (κ1) is 17.6. The van der Waals surface area contributed by atoms with Gasteiger partial charge in [-0.3, -0.25) is 9.59 Å². The number of Topliss-reactive ketones (excluding diaryl/α,β-unsaturated/α-hetero) is 1. The van der Waals surface area contributed by atoms with Gasteiger partial charge in [0.2, 0.25) is 0 Å². The van der Waals surface area contributed by atoms with Crippen LogP contribution in [0.2, 0.25) is 0 Å². The van der Waals surface area contributed by atoms with Crippen molar-refractivity contribution in [3.8, 4) is 0 Å². The summed E-state index contributed by atoms with van der Waals surface area (Å²) in [6.07, 6.45) is 2.25. The van der Waals surface area contributed by atoms with Crippen LogP contribution < -0.4 is 11.1 Å². The van der Waals surface area contributed by atoms with Crippen LogP contribution in [0.3, 0.4) is 0 Å². The van der Waals surface area contributed by atoms with Crippen LogP contribution in [0.4, 0.5) is 9.18 Å². The van der Waals surface area contributed by atoms with Gasteiger partial charge < -0.3 is 15.8 Å². The summed E-state index contributed by atoms with van der Waals surface area (Å²) in [4.78, 5) is 33.5. The Morgan fingerprint density at radius 3 is 2.41 bits per heavy atom. The van der Waals surface area contributed by atoms with Crippen molar-refractivity contribution in [2.75, 3.05) is 13.2 Å². The van der Waals surface area contributed by atoms with E-state index in [4.69, 9.17) is 10.5 Å². The number of nitrogens with one attached hydrogen (secondary N) is 1. The van der Waals surface area contributed by atoms with E-state index in [0.717, 1.165) is 6.42 Å². The van der Waals surface area contributed by atoms with E-state index in [1.54, 1.807) is 0 Å². The largest absolute Gasteiger partial charge is 0.457 e. The molecule has 0 saturated carbocycles. The van der Waals surface area contributed by atoms with Gasteiger partial charge >= 0.3 is 12.0 Å². The molecule has 0 atom stereocenters. The molecule has 3 N–H and O–H groups in total. The Balaban J connectivity index is 2.13. The maximum absolute atomic E-state index is 12.7. The van der Waals surface area contributed by atoms with Gasteiger partial charge in [0, 0.05) is 18.5 Å². The maximum atomic E-state index is 12.7. The molecule has 0 fully saturated rings. The van der Waals surface area contributed by atoms with E-state index in [1.165, 1.54) is 24.3 Å². The van der Waals surface area contributed by atoms with Gasteiger partial charge in [-0.15, -0.1) is 0 Å². The number of esters is 1. The van der Waals surface area contributed by atoms with Crippen molar-refractivity contribution < 1.29 is 23.5 Å². The maximum Gasteiger partial charge on any atom is 0.312 e. The first-order chi connectivity index (χ1) is 10.5. The fraction of sp³-hybridized carbons (Fsp3) is 0.400. The van der Waals surface area contributed by atoms with Crippen LogP contribution in [0.15, 0.2) is 24.3 Å². The number of unbranched alkanes of at least 4 members (excludes halogenated alkanes) is 2. The quantitative estimate of drug-likeness (QED) is 0.412. The van der Waals surface area contributed by atoms with Crippen LogP contribution in [0.25, 0.3) is 0 Å². The van der Waals surface area contributed by atoms with E-state index in [9.17, 15) is 18.8 Å². The summed E-state index contributed by atoms with van der Waals surface area (Å²) in [5, 5.41) is 2.45. The van der Waals surface area contributed by atoms with Crippen molar-refractivity contribution in [1.29, 1.82) is 0 Å². The van der Waals surface area contributed by atoms with Crippen molar-refractivity contribution in [2.45, 2.75) is 25.7 Å². The molecule has 22 heavy (non-hydrogen) atoms. The Hall–Kier alpha value is -2.44. The summed E-state index contributed by atoms with van der Waals surface area (Å²) < 4.78 is 17.6. The molecular formula is C15H19FN2O4. The number of hydrogen-bond donors (Lipinski definition) is 2. The van der Waals surface area contributed by atoms with E-state index in [-0.39, 0.29) is 18.8 Å². The van der Waals surface area contributed by atoms with Crippen LogP contribution in [0.5, 0.6) is 0 Å². The van der Waals surface area contributed by atoms with E-state index >= 15 is 0 Å². The van der Waals surface area contributed by atoms with Gasteiger partial charge in [0.25, 0.3) is 0 Å². The Kier molecular flexibility index (Phi) is 7.60.